The normalized spacial score (nSPS) is 11.8. The highest BCUT2D eigenvalue weighted by Crippen LogP contribution is 2.25. The first-order chi connectivity index (χ1) is 12.2. The second-order valence-electron chi connectivity index (χ2n) is 5.89. The van der Waals surface area contributed by atoms with Crippen molar-refractivity contribution in [2.45, 2.75) is 26.3 Å². The summed E-state index contributed by atoms with van der Waals surface area (Å²) in [6, 6.07) is 18.5. The number of hydrogen-bond acceptors (Lipinski definition) is 4. The maximum Gasteiger partial charge on any atom is 0.225 e. The molecule has 0 fully saturated rings. The number of halogens is 1. The Morgan fingerprint density at radius 1 is 1.00 bits per heavy atom. The third-order valence-electron chi connectivity index (χ3n) is 3.92. The molecule has 1 unspecified atom stereocenters. The highest BCUT2D eigenvalue weighted by Gasteiger charge is 2.10. The molecule has 0 saturated heterocycles. The van der Waals surface area contributed by atoms with E-state index in [9.17, 15) is 4.39 Å². The number of aromatic nitrogens is 2. The van der Waals surface area contributed by atoms with E-state index in [1.165, 1.54) is 6.07 Å². The van der Waals surface area contributed by atoms with Gasteiger partial charge in [0.2, 0.25) is 5.95 Å². The highest BCUT2D eigenvalue weighted by molar-refractivity contribution is 5.67. The average molecular weight is 336 g/mol. The molecule has 0 aliphatic carbocycles. The van der Waals surface area contributed by atoms with Crippen LogP contribution in [0.15, 0.2) is 60.7 Å². The Labute approximate surface area is 147 Å². The van der Waals surface area contributed by atoms with Gasteiger partial charge in [0, 0.05) is 17.7 Å². The molecule has 1 atom stereocenters. The smallest absolute Gasteiger partial charge is 0.225 e. The van der Waals surface area contributed by atoms with Crippen molar-refractivity contribution in [3.8, 4) is 11.3 Å². The number of hydrogen-bond donors (Lipinski definition) is 2. The van der Waals surface area contributed by atoms with Crippen molar-refractivity contribution < 1.29 is 4.39 Å². The van der Waals surface area contributed by atoms with Crippen LogP contribution < -0.4 is 10.6 Å². The first-order valence-corrected chi connectivity index (χ1v) is 8.38. The Bertz CT molecular complexity index is 836. The van der Waals surface area contributed by atoms with Gasteiger partial charge in [0.05, 0.1) is 11.4 Å². The van der Waals surface area contributed by atoms with Crippen molar-refractivity contribution in [2.24, 2.45) is 0 Å². The van der Waals surface area contributed by atoms with Crippen molar-refractivity contribution in [3.63, 3.8) is 0 Å². The lowest BCUT2D eigenvalue weighted by atomic mass is 10.1. The van der Waals surface area contributed by atoms with Gasteiger partial charge in [0.25, 0.3) is 0 Å². The summed E-state index contributed by atoms with van der Waals surface area (Å²) in [4.78, 5) is 9.08. The van der Waals surface area contributed by atoms with Gasteiger partial charge in [-0.05, 0) is 25.5 Å². The minimum absolute atomic E-state index is 0.243. The summed E-state index contributed by atoms with van der Waals surface area (Å²) in [6.07, 6.45) is 0.953. The molecule has 0 spiro atoms. The van der Waals surface area contributed by atoms with Gasteiger partial charge in [-0.1, -0.05) is 49.4 Å². The molecule has 2 aromatic carbocycles. The summed E-state index contributed by atoms with van der Waals surface area (Å²) in [7, 11) is 0. The van der Waals surface area contributed by atoms with Crippen molar-refractivity contribution in [1.82, 2.24) is 9.97 Å². The molecular formula is C20H21FN4. The monoisotopic (exact) mass is 336 g/mol. The summed E-state index contributed by atoms with van der Waals surface area (Å²) in [6.45, 7) is 4.17. The first-order valence-electron chi connectivity index (χ1n) is 8.38. The molecule has 3 rings (SSSR count). The molecule has 5 heteroatoms. The standard InChI is InChI=1S/C20H21FN4/c1-3-14(2)22-20-24-18(15-9-5-4-6-10-15)13-19(25-20)23-17-12-8-7-11-16(17)21/h4-14H,3H2,1-2H3,(H2,22,23,24,25). The van der Waals surface area contributed by atoms with Crippen LogP contribution in [0.5, 0.6) is 0 Å². The summed E-state index contributed by atoms with van der Waals surface area (Å²) in [5.74, 6) is 0.748. The minimum Gasteiger partial charge on any atom is -0.352 e. The van der Waals surface area contributed by atoms with Gasteiger partial charge in [-0.25, -0.2) is 9.37 Å². The Morgan fingerprint density at radius 3 is 2.44 bits per heavy atom. The van der Waals surface area contributed by atoms with Crippen LogP contribution in [0.1, 0.15) is 20.3 Å². The van der Waals surface area contributed by atoms with Gasteiger partial charge in [-0.15, -0.1) is 0 Å². The fourth-order valence-electron chi connectivity index (χ4n) is 2.36. The fraction of sp³-hybridized carbons (Fsp3) is 0.200. The van der Waals surface area contributed by atoms with Crippen LogP contribution in [0, 0.1) is 5.82 Å². The lowest BCUT2D eigenvalue weighted by Crippen LogP contribution is -2.16. The lowest BCUT2D eigenvalue weighted by molar-refractivity contribution is 0.632. The van der Waals surface area contributed by atoms with Crippen LogP contribution in [0.4, 0.5) is 21.8 Å². The van der Waals surface area contributed by atoms with Crippen LogP contribution in [-0.2, 0) is 0 Å². The van der Waals surface area contributed by atoms with E-state index in [0.29, 0.717) is 17.5 Å². The molecule has 2 N–H and O–H groups in total. The predicted octanol–water partition coefficient (Wildman–Crippen LogP) is 5.24. The summed E-state index contributed by atoms with van der Waals surface area (Å²) in [5, 5.41) is 6.33. The molecule has 0 bridgehead atoms. The summed E-state index contributed by atoms with van der Waals surface area (Å²) in [5.41, 5.74) is 2.14. The van der Waals surface area contributed by atoms with Gasteiger partial charge in [-0.2, -0.15) is 4.98 Å². The van der Waals surface area contributed by atoms with E-state index in [1.54, 1.807) is 18.2 Å². The van der Waals surface area contributed by atoms with E-state index in [0.717, 1.165) is 17.7 Å². The summed E-state index contributed by atoms with van der Waals surface area (Å²) >= 11 is 0. The van der Waals surface area contributed by atoms with Crippen molar-refractivity contribution in [2.75, 3.05) is 10.6 Å². The van der Waals surface area contributed by atoms with Crippen LogP contribution in [0.3, 0.4) is 0 Å². The Hall–Kier alpha value is -2.95. The van der Waals surface area contributed by atoms with Crippen molar-refractivity contribution in [1.29, 1.82) is 0 Å². The molecule has 1 aromatic heterocycles. The Kier molecular flexibility index (Phi) is 5.23. The van der Waals surface area contributed by atoms with Crippen LogP contribution in [0.25, 0.3) is 11.3 Å². The second-order valence-corrected chi connectivity index (χ2v) is 5.89. The Balaban J connectivity index is 1.99. The molecule has 0 aliphatic heterocycles. The SMILES string of the molecule is CCC(C)Nc1nc(Nc2ccccc2F)cc(-c2ccccc2)n1. The second kappa shape index (κ2) is 7.75. The van der Waals surface area contributed by atoms with Crippen LogP contribution in [0.2, 0.25) is 0 Å². The van der Waals surface area contributed by atoms with Gasteiger partial charge in [0.15, 0.2) is 0 Å². The number of benzene rings is 2. The number of rotatable bonds is 6. The number of nitrogens with zero attached hydrogens (tertiary/aromatic N) is 2. The third-order valence-corrected chi connectivity index (χ3v) is 3.92. The average Bonchev–Trinajstić information content (AvgIpc) is 2.64. The van der Waals surface area contributed by atoms with Crippen LogP contribution in [-0.4, -0.2) is 16.0 Å². The maximum absolute atomic E-state index is 13.9. The molecular weight excluding hydrogens is 315 g/mol. The van der Waals surface area contributed by atoms with E-state index in [1.807, 2.05) is 36.4 Å². The van der Waals surface area contributed by atoms with E-state index in [2.05, 4.69) is 34.4 Å². The minimum atomic E-state index is -0.321. The molecule has 0 saturated carbocycles. The van der Waals surface area contributed by atoms with Gasteiger partial charge < -0.3 is 10.6 Å². The molecule has 25 heavy (non-hydrogen) atoms. The molecule has 0 amide bonds. The zero-order valence-corrected chi connectivity index (χ0v) is 14.3. The largest absolute Gasteiger partial charge is 0.352 e. The molecule has 4 nitrogen and oxygen atoms in total. The van der Waals surface area contributed by atoms with Gasteiger partial charge >= 0.3 is 0 Å². The zero-order valence-electron chi connectivity index (χ0n) is 14.3. The van der Waals surface area contributed by atoms with Crippen molar-refractivity contribution in [3.05, 3.63) is 66.5 Å². The number of nitrogens with one attached hydrogen (secondary N) is 2. The van der Waals surface area contributed by atoms with E-state index < -0.39 is 0 Å². The highest BCUT2D eigenvalue weighted by atomic mass is 19.1. The third kappa shape index (κ3) is 4.32. The Morgan fingerprint density at radius 2 is 1.72 bits per heavy atom. The molecule has 0 radical (unpaired) electrons. The molecule has 128 valence electrons. The van der Waals surface area contributed by atoms with E-state index >= 15 is 0 Å². The predicted molar refractivity (Wildman–Crippen MR) is 101 cm³/mol. The summed E-state index contributed by atoms with van der Waals surface area (Å²) < 4.78 is 13.9. The lowest BCUT2D eigenvalue weighted by Gasteiger charge is -2.15. The topological polar surface area (TPSA) is 49.8 Å². The van der Waals surface area contributed by atoms with Gasteiger partial charge in [-0.3, -0.25) is 0 Å². The van der Waals surface area contributed by atoms with E-state index in [4.69, 9.17) is 0 Å². The number of para-hydroxylation sites is 1. The van der Waals surface area contributed by atoms with Gasteiger partial charge in [0.1, 0.15) is 11.6 Å². The quantitative estimate of drug-likeness (QED) is 0.646. The number of anilines is 3. The first kappa shape index (κ1) is 16.9. The van der Waals surface area contributed by atoms with E-state index in [-0.39, 0.29) is 11.9 Å². The molecule has 1 heterocycles. The molecule has 3 aromatic rings. The van der Waals surface area contributed by atoms with Crippen molar-refractivity contribution >= 4 is 17.5 Å². The maximum atomic E-state index is 13.9. The fourth-order valence-corrected chi connectivity index (χ4v) is 2.36. The zero-order chi connectivity index (χ0) is 17.6. The molecule has 0 aliphatic rings. The van der Waals surface area contributed by atoms with Crippen LogP contribution >= 0.6 is 0 Å².